The van der Waals surface area contributed by atoms with E-state index in [4.69, 9.17) is 11.6 Å². The third-order valence-corrected chi connectivity index (χ3v) is 8.05. The molecule has 0 bridgehead atoms. The van der Waals surface area contributed by atoms with Gasteiger partial charge in [-0.2, -0.15) is 9.40 Å². The highest BCUT2D eigenvalue weighted by Gasteiger charge is 2.34. The Morgan fingerprint density at radius 1 is 1.11 bits per heavy atom. The molecule has 9 heteroatoms. The Hall–Kier alpha value is -1.64. The molecule has 1 aliphatic heterocycles. The van der Waals surface area contributed by atoms with Crippen molar-refractivity contribution in [2.75, 3.05) is 13.1 Å². The summed E-state index contributed by atoms with van der Waals surface area (Å²) < 4.78 is 30.6. The molecule has 2 aliphatic rings. The smallest absolute Gasteiger partial charge is 0.276 e. The van der Waals surface area contributed by atoms with Crippen LogP contribution in [0.25, 0.3) is 0 Å². The first kappa shape index (κ1) is 19.7. The molecule has 4 rings (SSSR count). The molecule has 2 heterocycles. The van der Waals surface area contributed by atoms with Gasteiger partial charge in [0.2, 0.25) is 10.0 Å². The van der Waals surface area contributed by atoms with Crippen LogP contribution in [0.5, 0.6) is 0 Å². The summed E-state index contributed by atoms with van der Waals surface area (Å²) in [6.07, 6.45) is 5.62. The van der Waals surface area contributed by atoms with Gasteiger partial charge in [-0.15, -0.1) is 0 Å². The van der Waals surface area contributed by atoms with E-state index in [9.17, 15) is 13.2 Å². The van der Waals surface area contributed by atoms with Crippen LogP contribution in [0.4, 0.5) is 0 Å². The molecule has 2 aromatic rings. The van der Waals surface area contributed by atoms with E-state index >= 15 is 0 Å². The zero-order valence-electron chi connectivity index (χ0n) is 15.9. The van der Waals surface area contributed by atoms with Gasteiger partial charge in [0.15, 0.2) is 0 Å². The largest absolute Gasteiger partial charge is 0.345 e. The van der Waals surface area contributed by atoms with Crippen LogP contribution in [0.1, 0.15) is 56.3 Å². The van der Waals surface area contributed by atoms with Gasteiger partial charge < -0.3 is 0 Å². The number of piperidine rings is 1. The Morgan fingerprint density at radius 2 is 1.79 bits per heavy atom. The van der Waals surface area contributed by atoms with Gasteiger partial charge in [-0.3, -0.25) is 4.57 Å². The molecule has 1 aromatic carbocycles. The highest BCUT2D eigenvalue weighted by Crippen LogP contribution is 2.34. The summed E-state index contributed by atoms with van der Waals surface area (Å²) in [4.78, 5) is 12.8. The van der Waals surface area contributed by atoms with E-state index < -0.39 is 10.0 Å². The molecule has 1 aliphatic carbocycles. The highest BCUT2D eigenvalue weighted by atomic mass is 35.5. The number of benzene rings is 1. The third-order valence-electron chi connectivity index (χ3n) is 5.92. The first-order chi connectivity index (χ1) is 13.4. The SMILES string of the molecule is Cn1nc(C2CCN(S(=O)(=O)c3cccc(Cl)c3)CC2)n(C2CCCC2)c1=O. The topological polar surface area (TPSA) is 77.2 Å². The number of hydrogen-bond donors (Lipinski definition) is 0. The maximum atomic E-state index is 12.9. The van der Waals surface area contributed by atoms with Crippen molar-refractivity contribution >= 4 is 21.6 Å². The predicted molar refractivity (Wildman–Crippen MR) is 107 cm³/mol. The molecule has 0 unspecified atom stereocenters. The Balaban J connectivity index is 1.54. The summed E-state index contributed by atoms with van der Waals surface area (Å²) in [6.45, 7) is 0.823. The van der Waals surface area contributed by atoms with Gasteiger partial charge in [-0.05, 0) is 43.9 Å². The van der Waals surface area contributed by atoms with Gasteiger partial charge in [0.05, 0.1) is 4.90 Å². The molecule has 0 amide bonds. The zero-order valence-corrected chi connectivity index (χ0v) is 17.5. The van der Waals surface area contributed by atoms with Gasteiger partial charge >= 0.3 is 5.69 Å². The minimum absolute atomic E-state index is 0.0594. The van der Waals surface area contributed by atoms with Crippen LogP contribution < -0.4 is 5.69 Å². The molecule has 0 radical (unpaired) electrons. The van der Waals surface area contributed by atoms with Gasteiger partial charge in [0.25, 0.3) is 0 Å². The van der Waals surface area contributed by atoms with Crippen LogP contribution in [-0.4, -0.2) is 40.2 Å². The van der Waals surface area contributed by atoms with Crippen molar-refractivity contribution in [1.29, 1.82) is 0 Å². The quantitative estimate of drug-likeness (QED) is 0.756. The van der Waals surface area contributed by atoms with E-state index in [2.05, 4.69) is 5.10 Å². The van der Waals surface area contributed by atoms with Crippen LogP contribution in [0.3, 0.4) is 0 Å². The lowest BCUT2D eigenvalue weighted by atomic mass is 9.97. The van der Waals surface area contributed by atoms with E-state index in [0.29, 0.717) is 31.0 Å². The Bertz CT molecular complexity index is 1020. The number of sulfonamides is 1. The molecule has 152 valence electrons. The number of aromatic nitrogens is 3. The molecule has 28 heavy (non-hydrogen) atoms. The van der Waals surface area contributed by atoms with Gasteiger partial charge in [0.1, 0.15) is 5.82 Å². The molecule has 0 N–H and O–H groups in total. The highest BCUT2D eigenvalue weighted by molar-refractivity contribution is 7.89. The van der Waals surface area contributed by atoms with Crippen molar-refractivity contribution in [1.82, 2.24) is 18.7 Å². The predicted octanol–water partition coefficient (Wildman–Crippen LogP) is 2.92. The fourth-order valence-corrected chi connectivity index (χ4v) is 6.18. The van der Waals surface area contributed by atoms with Crippen molar-refractivity contribution in [2.45, 2.75) is 55.4 Å². The Labute approximate surface area is 170 Å². The molecule has 1 saturated carbocycles. The van der Waals surface area contributed by atoms with Crippen LogP contribution >= 0.6 is 11.6 Å². The standard InChI is InChI=1S/C19H25ClN4O3S/c1-22-19(25)24(16-6-2-3-7-16)18(21-22)14-9-11-23(12-10-14)28(26,27)17-8-4-5-15(20)13-17/h4-5,8,13-14,16H,2-3,6-7,9-12H2,1H3. The lowest BCUT2D eigenvalue weighted by Crippen LogP contribution is -2.38. The minimum Gasteiger partial charge on any atom is -0.276 e. The third kappa shape index (κ3) is 3.53. The summed E-state index contributed by atoms with van der Waals surface area (Å²) in [7, 11) is -1.87. The van der Waals surface area contributed by atoms with E-state index in [1.807, 2.05) is 4.57 Å². The number of rotatable bonds is 4. The maximum absolute atomic E-state index is 12.9. The van der Waals surface area contributed by atoms with Gasteiger partial charge in [-0.25, -0.2) is 17.9 Å². The lowest BCUT2D eigenvalue weighted by Gasteiger charge is -2.31. The fourth-order valence-electron chi connectivity index (χ4n) is 4.41. The van der Waals surface area contributed by atoms with Crippen LogP contribution in [-0.2, 0) is 17.1 Å². The van der Waals surface area contributed by atoms with E-state index in [0.717, 1.165) is 31.5 Å². The van der Waals surface area contributed by atoms with E-state index in [-0.39, 0.29) is 22.5 Å². The van der Waals surface area contributed by atoms with Crippen LogP contribution in [0, 0.1) is 0 Å². The molecular weight excluding hydrogens is 400 g/mol. The maximum Gasteiger partial charge on any atom is 0.345 e. The first-order valence-corrected chi connectivity index (χ1v) is 11.6. The van der Waals surface area contributed by atoms with E-state index in [1.165, 1.54) is 15.1 Å². The summed E-state index contributed by atoms with van der Waals surface area (Å²) in [5, 5.41) is 4.92. The number of halogens is 1. The average Bonchev–Trinajstić information content (AvgIpc) is 3.30. The molecule has 1 aromatic heterocycles. The van der Waals surface area contributed by atoms with Crippen molar-refractivity contribution in [3.63, 3.8) is 0 Å². The molecule has 0 spiro atoms. The summed E-state index contributed by atoms with van der Waals surface area (Å²) in [6, 6.07) is 6.60. The fraction of sp³-hybridized carbons (Fsp3) is 0.579. The second-order valence-corrected chi connectivity index (χ2v) is 10.1. The molecule has 1 saturated heterocycles. The molecule has 0 atom stereocenters. The van der Waals surface area contributed by atoms with Crippen molar-refractivity contribution < 1.29 is 8.42 Å². The molecular formula is C19H25ClN4O3S. The van der Waals surface area contributed by atoms with Crippen molar-refractivity contribution in [2.24, 2.45) is 7.05 Å². The lowest BCUT2D eigenvalue weighted by molar-refractivity contribution is 0.304. The minimum atomic E-state index is -3.56. The van der Waals surface area contributed by atoms with E-state index in [1.54, 1.807) is 25.2 Å². The monoisotopic (exact) mass is 424 g/mol. The van der Waals surface area contributed by atoms with Crippen LogP contribution in [0.15, 0.2) is 34.0 Å². The zero-order chi connectivity index (χ0) is 19.9. The number of aryl methyl sites for hydroxylation is 1. The van der Waals surface area contributed by atoms with Crippen molar-refractivity contribution in [3.8, 4) is 0 Å². The summed E-state index contributed by atoms with van der Waals surface area (Å²) in [5.41, 5.74) is -0.0594. The second-order valence-electron chi connectivity index (χ2n) is 7.71. The van der Waals surface area contributed by atoms with Gasteiger partial charge in [0, 0.05) is 37.1 Å². The second kappa shape index (κ2) is 7.65. The first-order valence-electron chi connectivity index (χ1n) is 9.79. The summed E-state index contributed by atoms with van der Waals surface area (Å²) in [5.74, 6) is 0.916. The summed E-state index contributed by atoms with van der Waals surface area (Å²) >= 11 is 5.96. The molecule has 7 nitrogen and oxygen atoms in total. The Kier molecular flexibility index (Phi) is 5.37. The Morgan fingerprint density at radius 3 is 2.43 bits per heavy atom. The number of nitrogens with zero attached hydrogens (tertiary/aromatic N) is 4. The number of hydrogen-bond acceptors (Lipinski definition) is 4. The van der Waals surface area contributed by atoms with Crippen molar-refractivity contribution in [3.05, 3.63) is 45.6 Å². The molecule has 2 fully saturated rings. The van der Waals surface area contributed by atoms with Gasteiger partial charge in [-0.1, -0.05) is 30.5 Å². The average molecular weight is 425 g/mol. The normalized spacial score (nSPS) is 20.1. The van der Waals surface area contributed by atoms with Crippen LogP contribution in [0.2, 0.25) is 5.02 Å².